The van der Waals surface area contributed by atoms with E-state index in [-0.39, 0.29) is 5.69 Å². The molecule has 0 atom stereocenters. The third-order valence-electron chi connectivity index (χ3n) is 3.81. The van der Waals surface area contributed by atoms with E-state index < -0.39 is 5.97 Å². The lowest BCUT2D eigenvalue weighted by Crippen LogP contribution is -2.08. The Morgan fingerprint density at radius 2 is 1.83 bits per heavy atom. The number of nitrogens with zero attached hydrogens (tertiary/aromatic N) is 2. The Kier molecular flexibility index (Phi) is 3.92. The molecule has 1 aromatic heterocycles. The van der Waals surface area contributed by atoms with Crippen molar-refractivity contribution < 1.29 is 9.90 Å². The van der Waals surface area contributed by atoms with Gasteiger partial charge in [0.2, 0.25) is 0 Å². The van der Waals surface area contributed by atoms with Gasteiger partial charge in [-0.15, -0.1) is 0 Å². The van der Waals surface area contributed by atoms with Crippen LogP contribution in [0.25, 0.3) is 16.9 Å². The van der Waals surface area contributed by atoms with Crippen LogP contribution in [0.1, 0.15) is 21.6 Å². The highest BCUT2D eigenvalue weighted by Gasteiger charge is 2.18. The van der Waals surface area contributed by atoms with E-state index in [1.165, 1.54) is 10.2 Å². The molecule has 116 valence electrons. The number of benzene rings is 2. The number of carbonyl (C=O) groups is 1. The normalized spacial score (nSPS) is 10.7. The molecule has 1 heterocycles. The minimum absolute atomic E-state index is 0.0753. The Balaban J connectivity index is 2.18. The van der Waals surface area contributed by atoms with Crippen molar-refractivity contribution >= 4 is 17.6 Å². The van der Waals surface area contributed by atoms with Gasteiger partial charge in [-0.3, -0.25) is 0 Å². The molecule has 0 aliphatic carbocycles. The van der Waals surface area contributed by atoms with Crippen LogP contribution in [0, 0.1) is 13.8 Å². The van der Waals surface area contributed by atoms with E-state index in [9.17, 15) is 9.90 Å². The summed E-state index contributed by atoms with van der Waals surface area (Å²) in [4.78, 5) is 11.6. The van der Waals surface area contributed by atoms with Crippen LogP contribution in [0.3, 0.4) is 0 Å². The fraction of sp³-hybridized carbons (Fsp3) is 0.111. The van der Waals surface area contributed by atoms with Crippen LogP contribution in [0.5, 0.6) is 0 Å². The molecule has 0 aliphatic rings. The van der Waals surface area contributed by atoms with Gasteiger partial charge in [0.25, 0.3) is 0 Å². The molecular weight excluding hydrogens is 312 g/mol. The summed E-state index contributed by atoms with van der Waals surface area (Å²) in [5.74, 6) is -1.05. The van der Waals surface area contributed by atoms with Crippen LogP contribution in [0.4, 0.5) is 0 Å². The second-order valence-corrected chi connectivity index (χ2v) is 5.79. The molecule has 1 N–H and O–H groups in total. The molecule has 0 unspecified atom stereocenters. The molecule has 0 aliphatic heterocycles. The molecule has 0 bridgehead atoms. The number of halogens is 1. The van der Waals surface area contributed by atoms with Gasteiger partial charge >= 0.3 is 5.97 Å². The zero-order chi connectivity index (χ0) is 16.6. The lowest BCUT2D eigenvalue weighted by molar-refractivity contribution is 0.0687. The van der Waals surface area contributed by atoms with Crippen molar-refractivity contribution in [2.45, 2.75) is 13.8 Å². The van der Waals surface area contributed by atoms with Crippen molar-refractivity contribution in [2.75, 3.05) is 0 Å². The summed E-state index contributed by atoms with van der Waals surface area (Å²) in [5.41, 5.74) is 4.41. The van der Waals surface area contributed by atoms with E-state index in [2.05, 4.69) is 5.10 Å². The summed E-state index contributed by atoms with van der Waals surface area (Å²) in [6, 6.07) is 14.5. The molecule has 0 fully saturated rings. The van der Waals surface area contributed by atoms with Gasteiger partial charge < -0.3 is 5.11 Å². The number of carboxylic acid groups (broad SMARTS) is 1. The van der Waals surface area contributed by atoms with Crippen LogP contribution in [0.2, 0.25) is 5.02 Å². The predicted octanol–water partition coefficient (Wildman–Crippen LogP) is 4.51. The van der Waals surface area contributed by atoms with Crippen LogP contribution < -0.4 is 0 Å². The summed E-state index contributed by atoms with van der Waals surface area (Å²) >= 11 is 6.18. The van der Waals surface area contributed by atoms with Crippen LogP contribution >= 0.6 is 11.6 Å². The number of carboxylic acids is 1. The average molecular weight is 327 g/mol. The minimum Gasteiger partial charge on any atom is -0.477 e. The Bertz CT molecular complexity index is 900. The van der Waals surface area contributed by atoms with Crippen LogP contribution in [-0.2, 0) is 0 Å². The highest BCUT2D eigenvalue weighted by molar-refractivity contribution is 6.32. The molecule has 5 heteroatoms. The number of hydrogen-bond acceptors (Lipinski definition) is 2. The van der Waals surface area contributed by atoms with Gasteiger partial charge in [0.15, 0.2) is 5.69 Å². The molecule has 2 aromatic carbocycles. The zero-order valence-corrected chi connectivity index (χ0v) is 13.5. The summed E-state index contributed by atoms with van der Waals surface area (Å²) in [5, 5.41) is 14.4. The first-order valence-electron chi connectivity index (χ1n) is 7.13. The molecule has 0 radical (unpaired) electrons. The lowest BCUT2D eigenvalue weighted by atomic mass is 10.0. The molecule has 4 nitrogen and oxygen atoms in total. The molecule has 23 heavy (non-hydrogen) atoms. The van der Waals surface area contributed by atoms with Gasteiger partial charge in [0, 0.05) is 5.56 Å². The van der Waals surface area contributed by atoms with Gasteiger partial charge in [-0.1, -0.05) is 35.9 Å². The number of aromatic carboxylic acids is 1. The highest BCUT2D eigenvalue weighted by Crippen LogP contribution is 2.26. The average Bonchev–Trinajstić information content (AvgIpc) is 2.96. The number of rotatable bonds is 3. The maximum atomic E-state index is 11.6. The largest absolute Gasteiger partial charge is 0.477 e. The first-order valence-corrected chi connectivity index (χ1v) is 7.51. The summed E-state index contributed by atoms with van der Waals surface area (Å²) in [6.07, 6.45) is 0. The maximum Gasteiger partial charge on any atom is 0.354 e. The van der Waals surface area contributed by atoms with Crippen molar-refractivity contribution in [2.24, 2.45) is 0 Å². The third-order valence-corrected chi connectivity index (χ3v) is 4.13. The SMILES string of the molecule is Cc1ccc(-c2cc(C(=O)O)n(-c3ccccc3Cl)n2)cc1C. The molecule has 3 aromatic rings. The van der Waals surface area contributed by atoms with Gasteiger partial charge in [-0.2, -0.15) is 5.10 Å². The van der Waals surface area contributed by atoms with Gasteiger partial charge in [0.05, 0.1) is 16.4 Å². The van der Waals surface area contributed by atoms with E-state index >= 15 is 0 Å². The first kappa shape index (κ1) is 15.3. The van der Waals surface area contributed by atoms with Crippen LogP contribution in [0.15, 0.2) is 48.5 Å². The molecule has 0 amide bonds. The Hall–Kier alpha value is -2.59. The van der Waals surface area contributed by atoms with Gasteiger partial charge in [-0.25, -0.2) is 9.48 Å². The first-order chi connectivity index (χ1) is 11.0. The second-order valence-electron chi connectivity index (χ2n) is 5.38. The number of aromatic nitrogens is 2. The van der Waals surface area contributed by atoms with E-state index in [1.807, 2.05) is 32.0 Å². The molecular formula is C18H15ClN2O2. The zero-order valence-electron chi connectivity index (χ0n) is 12.7. The summed E-state index contributed by atoms with van der Waals surface area (Å²) in [6.45, 7) is 4.05. The smallest absolute Gasteiger partial charge is 0.354 e. The van der Waals surface area contributed by atoms with Crippen molar-refractivity contribution in [3.63, 3.8) is 0 Å². The summed E-state index contributed by atoms with van der Waals surface area (Å²) in [7, 11) is 0. The fourth-order valence-electron chi connectivity index (χ4n) is 2.38. The van der Waals surface area contributed by atoms with E-state index in [1.54, 1.807) is 30.3 Å². The molecule has 0 spiro atoms. The minimum atomic E-state index is -1.05. The Morgan fingerprint density at radius 3 is 2.48 bits per heavy atom. The van der Waals surface area contributed by atoms with Gasteiger partial charge in [0.1, 0.15) is 0 Å². The predicted molar refractivity (Wildman–Crippen MR) is 90.4 cm³/mol. The van der Waals surface area contributed by atoms with Crippen molar-refractivity contribution in [3.05, 3.63) is 70.4 Å². The second kappa shape index (κ2) is 5.89. The monoisotopic (exact) mass is 326 g/mol. The lowest BCUT2D eigenvalue weighted by Gasteiger charge is -2.06. The topological polar surface area (TPSA) is 55.1 Å². The van der Waals surface area contributed by atoms with E-state index in [0.717, 1.165) is 11.1 Å². The standard InChI is InChI=1S/C18H15ClN2O2/c1-11-7-8-13(9-12(11)2)15-10-17(18(22)23)21(20-15)16-6-4-3-5-14(16)19/h3-10H,1-2H3,(H,22,23). The van der Waals surface area contributed by atoms with Crippen LogP contribution in [-0.4, -0.2) is 20.9 Å². The number of aryl methyl sites for hydroxylation is 2. The molecule has 0 saturated heterocycles. The highest BCUT2D eigenvalue weighted by atomic mass is 35.5. The van der Waals surface area contributed by atoms with Crippen molar-refractivity contribution in [1.29, 1.82) is 0 Å². The number of hydrogen-bond donors (Lipinski definition) is 1. The van der Waals surface area contributed by atoms with Crippen molar-refractivity contribution in [1.82, 2.24) is 9.78 Å². The quantitative estimate of drug-likeness (QED) is 0.770. The van der Waals surface area contributed by atoms with E-state index in [4.69, 9.17) is 11.6 Å². The number of para-hydroxylation sites is 1. The van der Waals surface area contributed by atoms with Crippen molar-refractivity contribution in [3.8, 4) is 16.9 Å². The van der Waals surface area contributed by atoms with E-state index in [0.29, 0.717) is 16.4 Å². The fourth-order valence-corrected chi connectivity index (χ4v) is 2.60. The molecule has 3 rings (SSSR count). The summed E-state index contributed by atoms with van der Waals surface area (Å²) < 4.78 is 1.37. The Morgan fingerprint density at radius 1 is 1.09 bits per heavy atom. The molecule has 0 saturated carbocycles. The van der Waals surface area contributed by atoms with Gasteiger partial charge in [-0.05, 0) is 49.2 Å². The Labute approximate surface area is 139 Å². The maximum absolute atomic E-state index is 11.6. The third kappa shape index (κ3) is 2.85.